The van der Waals surface area contributed by atoms with E-state index in [0.717, 1.165) is 50.8 Å². The van der Waals surface area contributed by atoms with E-state index in [1.807, 2.05) is 11.0 Å². The average Bonchev–Trinajstić information content (AvgIpc) is 3.18. The molecule has 2 fully saturated rings. The molecule has 1 amide bonds. The first-order valence-corrected chi connectivity index (χ1v) is 7.45. The maximum absolute atomic E-state index is 12.7. The molecule has 0 aromatic carbocycles. The minimum Gasteiger partial charge on any atom is -0.341 e. The van der Waals surface area contributed by atoms with E-state index >= 15 is 0 Å². The quantitative estimate of drug-likeness (QED) is 0.897. The van der Waals surface area contributed by atoms with Crippen molar-refractivity contribution in [3.05, 3.63) is 18.0 Å². The molecule has 0 radical (unpaired) electrons. The van der Waals surface area contributed by atoms with Crippen LogP contribution in [0.2, 0.25) is 0 Å². The lowest BCUT2D eigenvalue weighted by atomic mass is 9.84. The molecule has 0 spiro atoms. The van der Waals surface area contributed by atoms with Crippen molar-refractivity contribution in [3.8, 4) is 6.07 Å². The topological polar surface area (TPSA) is 72.8 Å². The number of hydrogen-bond acceptors (Lipinski definition) is 3. The summed E-state index contributed by atoms with van der Waals surface area (Å²) in [7, 11) is 0. The van der Waals surface area contributed by atoms with Crippen molar-refractivity contribution < 1.29 is 4.79 Å². The molecule has 1 aliphatic heterocycles. The van der Waals surface area contributed by atoms with Gasteiger partial charge in [0.05, 0.1) is 6.07 Å². The van der Waals surface area contributed by atoms with Gasteiger partial charge in [0.15, 0.2) is 0 Å². The van der Waals surface area contributed by atoms with Crippen molar-refractivity contribution >= 4 is 5.91 Å². The molecule has 20 heavy (non-hydrogen) atoms. The van der Waals surface area contributed by atoms with Crippen LogP contribution >= 0.6 is 0 Å². The molecular weight excluding hydrogens is 252 g/mol. The van der Waals surface area contributed by atoms with Gasteiger partial charge >= 0.3 is 0 Å². The highest BCUT2D eigenvalue weighted by Crippen LogP contribution is 2.40. The lowest BCUT2D eigenvalue weighted by molar-refractivity contribution is -0.140. The molecule has 1 atom stereocenters. The maximum atomic E-state index is 12.7. The minimum absolute atomic E-state index is 0.0571. The van der Waals surface area contributed by atoms with E-state index in [0.29, 0.717) is 12.5 Å². The van der Waals surface area contributed by atoms with Crippen molar-refractivity contribution in [2.24, 2.45) is 5.41 Å². The standard InChI is InChI=1S/C15H20N4O/c16-11-15(6-1-2-7-15)14(20)19-9-3-4-12(10-19)13-5-8-17-18-13/h5,8,12H,1-4,6-7,9-10H2,(H,17,18). The lowest BCUT2D eigenvalue weighted by Crippen LogP contribution is -2.46. The maximum Gasteiger partial charge on any atom is 0.243 e. The zero-order chi connectivity index (χ0) is 14.0. The van der Waals surface area contributed by atoms with Gasteiger partial charge in [-0.15, -0.1) is 0 Å². The summed E-state index contributed by atoms with van der Waals surface area (Å²) in [6.45, 7) is 1.50. The van der Waals surface area contributed by atoms with E-state index in [1.54, 1.807) is 6.20 Å². The summed E-state index contributed by atoms with van der Waals surface area (Å²) in [4.78, 5) is 14.7. The number of aromatic amines is 1. The third kappa shape index (κ3) is 2.20. The molecule has 3 rings (SSSR count). The molecule has 5 heteroatoms. The summed E-state index contributed by atoms with van der Waals surface area (Å²) >= 11 is 0. The first-order chi connectivity index (χ1) is 9.75. The van der Waals surface area contributed by atoms with E-state index in [1.165, 1.54) is 0 Å². The molecule has 1 saturated heterocycles. The highest BCUT2D eigenvalue weighted by atomic mass is 16.2. The van der Waals surface area contributed by atoms with Crippen LogP contribution in [0.4, 0.5) is 0 Å². The molecule has 1 saturated carbocycles. The first-order valence-electron chi connectivity index (χ1n) is 7.45. The smallest absolute Gasteiger partial charge is 0.243 e. The Balaban J connectivity index is 1.74. The Labute approximate surface area is 119 Å². The minimum atomic E-state index is -0.740. The normalized spacial score (nSPS) is 25.4. The van der Waals surface area contributed by atoms with Crippen molar-refractivity contribution in [1.29, 1.82) is 5.26 Å². The van der Waals surface area contributed by atoms with Gasteiger partial charge in [-0.1, -0.05) is 12.8 Å². The van der Waals surface area contributed by atoms with Gasteiger partial charge in [0, 0.05) is 30.9 Å². The van der Waals surface area contributed by atoms with Gasteiger partial charge in [-0.25, -0.2) is 0 Å². The summed E-state index contributed by atoms with van der Waals surface area (Å²) < 4.78 is 0. The van der Waals surface area contributed by atoms with Crippen LogP contribution in [0.3, 0.4) is 0 Å². The van der Waals surface area contributed by atoms with Gasteiger partial charge in [-0.2, -0.15) is 10.4 Å². The molecule has 0 bridgehead atoms. The van der Waals surface area contributed by atoms with Crippen LogP contribution in [0.1, 0.15) is 50.1 Å². The van der Waals surface area contributed by atoms with E-state index < -0.39 is 5.41 Å². The molecule has 2 aliphatic rings. The van der Waals surface area contributed by atoms with Crippen LogP contribution in [0, 0.1) is 16.7 Å². The summed E-state index contributed by atoms with van der Waals surface area (Å²) in [6.07, 6.45) is 7.28. The zero-order valence-electron chi connectivity index (χ0n) is 11.6. The van der Waals surface area contributed by atoms with Gasteiger partial charge in [-0.3, -0.25) is 9.89 Å². The van der Waals surface area contributed by atoms with Crippen LogP contribution in [0.25, 0.3) is 0 Å². The number of rotatable bonds is 2. The van der Waals surface area contributed by atoms with Crippen molar-refractivity contribution in [3.63, 3.8) is 0 Å². The Kier molecular flexibility index (Phi) is 3.47. The van der Waals surface area contributed by atoms with E-state index in [-0.39, 0.29) is 5.91 Å². The molecular formula is C15H20N4O. The number of carbonyl (C=O) groups is 1. The molecule has 1 aliphatic carbocycles. The second-order valence-corrected chi connectivity index (χ2v) is 6.00. The first kappa shape index (κ1) is 13.2. The molecule has 2 heterocycles. The number of nitrogens with one attached hydrogen (secondary N) is 1. The summed E-state index contributed by atoms with van der Waals surface area (Å²) in [5, 5.41) is 16.5. The third-order valence-electron chi connectivity index (χ3n) is 4.75. The fraction of sp³-hybridized carbons (Fsp3) is 0.667. The van der Waals surface area contributed by atoms with Crippen LogP contribution in [0.5, 0.6) is 0 Å². The van der Waals surface area contributed by atoms with Gasteiger partial charge < -0.3 is 4.90 Å². The Hall–Kier alpha value is -1.83. The third-order valence-corrected chi connectivity index (χ3v) is 4.75. The fourth-order valence-corrected chi connectivity index (χ4v) is 3.56. The summed E-state index contributed by atoms with van der Waals surface area (Å²) in [5.74, 6) is 0.383. The van der Waals surface area contributed by atoms with E-state index in [2.05, 4.69) is 16.3 Å². The van der Waals surface area contributed by atoms with Crippen LogP contribution in [0.15, 0.2) is 12.3 Å². The molecule has 1 aromatic heterocycles. The summed E-state index contributed by atoms with van der Waals surface area (Å²) in [6, 6.07) is 4.29. The number of carbonyl (C=O) groups excluding carboxylic acids is 1. The van der Waals surface area contributed by atoms with E-state index in [9.17, 15) is 10.1 Å². The number of piperidine rings is 1. The lowest BCUT2D eigenvalue weighted by Gasteiger charge is -2.36. The fourth-order valence-electron chi connectivity index (χ4n) is 3.56. The second kappa shape index (κ2) is 5.28. The molecule has 1 unspecified atom stereocenters. The van der Waals surface area contributed by atoms with Crippen molar-refractivity contribution in [2.45, 2.75) is 44.4 Å². The SMILES string of the molecule is N#CC1(C(=O)N2CCCC(c3ccn[nH]3)C2)CCCC1. The zero-order valence-corrected chi connectivity index (χ0v) is 11.6. The molecule has 1 aromatic rings. The monoisotopic (exact) mass is 272 g/mol. The van der Waals surface area contributed by atoms with Gasteiger partial charge in [-0.05, 0) is 31.7 Å². The van der Waals surface area contributed by atoms with Gasteiger partial charge in [0.25, 0.3) is 0 Å². The second-order valence-electron chi connectivity index (χ2n) is 6.00. The van der Waals surface area contributed by atoms with Crippen LogP contribution in [-0.2, 0) is 4.79 Å². The highest BCUT2D eigenvalue weighted by Gasteiger charge is 2.44. The number of nitrogens with zero attached hydrogens (tertiary/aromatic N) is 3. The number of nitriles is 1. The predicted octanol–water partition coefficient (Wildman–Crippen LogP) is 2.20. The van der Waals surface area contributed by atoms with Gasteiger partial charge in [0.2, 0.25) is 5.91 Å². The molecule has 1 N–H and O–H groups in total. The molecule has 5 nitrogen and oxygen atoms in total. The number of aromatic nitrogens is 2. The van der Waals surface area contributed by atoms with Crippen LogP contribution < -0.4 is 0 Å². The van der Waals surface area contributed by atoms with Gasteiger partial charge in [0.1, 0.15) is 5.41 Å². The van der Waals surface area contributed by atoms with Crippen molar-refractivity contribution in [2.75, 3.05) is 13.1 Å². The average molecular weight is 272 g/mol. The van der Waals surface area contributed by atoms with Crippen molar-refractivity contribution in [1.82, 2.24) is 15.1 Å². The number of likely N-dealkylation sites (tertiary alicyclic amines) is 1. The Morgan fingerprint density at radius 1 is 1.45 bits per heavy atom. The summed E-state index contributed by atoms with van der Waals surface area (Å²) in [5.41, 5.74) is 0.357. The predicted molar refractivity (Wildman–Crippen MR) is 73.7 cm³/mol. The number of hydrogen-bond donors (Lipinski definition) is 1. The Bertz CT molecular complexity index is 510. The van der Waals surface area contributed by atoms with E-state index in [4.69, 9.17) is 0 Å². The highest BCUT2D eigenvalue weighted by molar-refractivity contribution is 5.86. The molecule has 106 valence electrons. The largest absolute Gasteiger partial charge is 0.341 e. The van der Waals surface area contributed by atoms with Crippen LogP contribution in [-0.4, -0.2) is 34.1 Å². The number of amides is 1. The Morgan fingerprint density at radius 3 is 2.90 bits per heavy atom. The number of H-pyrrole nitrogens is 1. The Morgan fingerprint density at radius 2 is 2.25 bits per heavy atom.